The molecule has 0 aromatic heterocycles. The number of carboxylic acid groups (broad SMARTS) is 1. The van der Waals surface area contributed by atoms with Gasteiger partial charge in [0.1, 0.15) is 60.4 Å². The maximum Gasteiger partial charge on any atom is 0.326 e. The summed E-state index contributed by atoms with van der Waals surface area (Å²) < 4.78 is 0. The van der Waals surface area contributed by atoms with Crippen LogP contribution in [0, 0.1) is 17.8 Å². The highest BCUT2D eigenvalue weighted by molar-refractivity contribution is 5.99. The molecule has 10 amide bonds. The summed E-state index contributed by atoms with van der Waals surface area (Å²) in [6, 6.07) is -13.0. The van der Waals surface area contributed by atoms with E-state index >= 15 is 0 Å². The molecule has 1 heterocycles. The molecule has 84 heavy (non-hydrogen) atoms. The number of unbranched alkanes of at least 4 members (excludes halogenated alkanes) is 2. The van der Waals surface area contributed by atoms with Crippen LogP contribution >= 0.6 is 0 Å². The first-order chi connectivity index (χ1) is 39.4. The molecule has 31 nitrogen and oxygen atoms in total. The monoisotopic (exact) mass is 1190 g/mol. The summed E-state index contributed by atoms with van der Waals surface area (Å²) >= 11 is 0. The zero-order chi connectivity index (χ0) is 64.0. The van der Waals surface area contributed by atoms with Gasteiger partial charge in [-0.3, -0.25) is 57.9 Å². The number of hydrogen-bond acceptors (Lipinski definition) is 16. The van der Waals surface area contributed by atoms with Crippen molar-refractivity contribution in [1.82, 2.24) is 52.8 Å². The molecule has 1 aliphatic heterocycles. The average molecular weight is 1190 g/mol. The fourth-order valence-corrected chi connectivity index (χ4v) is 8.77. The van der Waals surface area contributed by atoms with Crippen molar-refractivity contribution in [2.45, 2.75) is 206 Å². The molecule has 11 atom stereocenters. The lowest BCUT2D eigenvalue weighted by molar-refractivity contribution is -0.150. The first kappa shape index (κ1) is 74.6. The number of carbonyl (C=O) groups excluding carboxylic acids is 10. The van der Waals surface area contributed by atoms with Crippen LogP contribution < -0.4 is 88.0 Å². The average Bonchev–Trinajstić information content (AvgIpc) is 4.00. The summed E-state index contributed by atoms with van der Waals surface area (Å²) in [5, 5.41) is 33.2. The number of amides is 10. The predicted octanol–water partition coefficient (Wildman–Crippen LogP) is -4.85. The van der Waals surface area contributed by atoms with E-state index < -0.39 is 149 Å². The van der Waals surface area contributed by atoms with Gasteiger partial charge in [-0.1, -0.05) is 41.5 Å². The summed E-state index contributed by atoms with van der Waals surface area (Å²) in [5.41, 5.74) is 39.3. The second-order valence-electron chi connectivity index (χ2n) is 22.2. The second-order valence-corrected chi connectivity index (χ2v) is 22.2. The van der Waals surface area contributed by atoms with E-state index in [-0.39, 0.29) is 83.2 Å². The van der Waals surface area contributed by atoms with Gasteiger partial charge in [0, 0.05) is 19.6 Å². The third-order valence-corrected chi connectivity index (χ3v) is 13.8. The Morgan fingerprint density at radius 3 is 1.20 bits per heavy atom. The highest BCUT2D eigenvalue weighted by Gasteiger charge is 2.40. The number of carboxylic acids is 1. The highest BCUT2D eigenvalue weighted by Crippen LogP contribution is 2.21. The van der Waals surface area contributed by atoms with Crippen molar-refractivity contribution in [3.63, 3.8) is 0 Å². The first-order valence-electron chi connectivity index (χ1n) is 28.9. The van der Waals surface area contributed by atoms with Crippen molar-refractivity contribution in [2.24, 2.45) is 67.9 Å². The van der Waals surface area contributed by atoms with Gasteiger partial charge in [-0.25, -0.2) is 4.79 Å². The normalized spacial score (nSPS) is 16.6. The third-order valence-electron chi connectivity index (χ3n) is 13.8. The van der Waals surface area contributed by atoms with Gasteiger partial charge in [0.15, 0.2) is 11.9 Å². The number of nitrogens with zero attached hydrogens (tertiary/aromatic N) is 3. The van der Waals surface area contributed by atoms with E-state index in [0.717, 1.165) is 0 Å². The van der Waals surface area contributed by atoms with Crippen LogP contribution in [-0.2, 0) is 52.7 Å². The van der Waals surface area contributed by atoms with E-state index in [9.17, 15) is 57.8 Å². The fourth-order valence-electron chi connectivity index (χ4n) is 8.77. The van der Waals surface area contributed by atoms with Crippen molar-refractivity contribution in [1.29, 1.82) is 0 Å². The summed E-state index contributed by atoms with van der Waals surface area (Å²) in [4.78, 5) is 157. The van der Waals surface area contributed by atoms with Gasteiger partial charge in [0.05, 0.1) is 6.04 Å². The quantitative estimate of drug-likeness (QED) is 0.0156. The van der Waals surface area contributed by atoms with E-state index in [1.54, 1.807) is 41.5 Å². The maximum absolute atomic E-state index is 14.1. The molecule has 1 fully saturated rings. The summed E-state index contributed by atoms with van der Waals surface area (Å²) in [7, 11) is 0. The smallest absolute Gasteiger partial charge is 0.326 e. The van der Waals surface area contributed by atoms with Crippen LogP contribution in [0.2, 0.25) is 0 Å². The van der Waals surface area contributed by atoms with Crippen LogP contribution in [0.15, 0.2) is 9.98 Å². The van der Waals surface area contributed by atoms with Crippen molar-refractivity contribution in [3.8, 4) is 0 Å². The fraction of sp³-hybridized carbons (Fsp3) is 0.755. The topological polar surface area (TPSA) is 526 Å². The maximum atomic E-state index is 14.1. The summed E-state index contributed by atoms with van der Waals surface area (Å²) in [5.74, 6) is -10.2. The molecule has 0 unspecified atom stereocenters. The molecule has 0 spiro atoms. The van der Waals surface area contributed by atoms with Gasteiger partial charge in [0.25, 0.3) is 0 Å². The molecule has 1 rings (SSSR count). The van der Waals surface area contributed by atoms with Crippen LogP contribution in [0.3, 0.4) is 0 Å². The van der Waals surface area contributed by atoms with Gasteiger partial charge in [-0.2, -0.15) is 0 Å². The number of guanidine groups is 2. The van der Waals surface area contributed by atoms with Gasteiger partial charge >= 0.3 is 5.97 Å². The van der Waals surface area contributed by atoms with Crippen LogP contribution in [0.5, 0.6) is 0 Å². The Balaban J connectivity index is 3.15. The SMILES string of the molecule is CC(C)[C@H](NC(=O)[C@H](C)NC(=O)[C@H](C)NC(=O)[C@H](CCCCN)NC(=O)[C@H](CCCCN)NC(=O)[C@H](CCCN=C(N)N)NC(=O)[C@@H](N)CCCN=C(N)N)C(=O)N[C@@H](C)C(=O)N[C@H](C(=O)N[C@H](C(=O)N1CCC[C@H]1C(=O)O)C(C)C)C(C)C. The van der Waals surface area contributed by atoms with Crippen molar-refractivity contribution in [2.75, 3.05) is 32.7 Å². The number of aliphatic carboxylic acids is 1. The number of nitrogens with one attached hydrogen (secondary N) is 9. The van der Waals surface area contributed by atoms with Crippen LogP contribution in [-0.4, -0.2) is 186 Å². The molecular weight excluding hydrogens is 1090 g/mol. The second kappa shape index (κ2) is 38.4. The Morgan fingerprint density at radius 2 is 0.798 bits per heavy atom. The minimum Gasteiger partial charge on any atom is -0.480 e. The molecule has 478 valence electrons. The Labute approximate surface area is 492 Å². The van der Waals surface area contributed by atoms with Gasteiger partial charge in [-0.15, -0.1) is 0 Å². The molecule has 0 aliphatic carbocycles. The highest BCUT2D eigenvalue weighted by atomic mass is 16.4. The zero-order valence-corrected chi connectivity index (χ0v) is 50.4. The van der Waals surface area contributed by atoms with Crippen molar-refractivity contribution < 1.29 is 57.8 Å². The minimum atomic E-state index is -1.28. The number of rotatable bonds is 39. The molecule has 1 saturated heterocycles. The largest absolute Gasteiger partial charge is 0.480 e. The van der Waals surface area contributed by atoms with Crippen LogP contribution in [0.1, 0.15) is 139 Å². The molecule has 0 bridgehead atoms. The number of hydrogen-bond donors (Lipinski definition) is 17. The number of carbonyl (C=O) groups is 11. The van der Waals surface area contributed by atoms with Crippen molar-refractivity contribution in [3.05, 3.63) is 0 Å². The molecule has 1 aliphatic rings. The number of likely N-dealkylation sites (tertiary alicyclic amines) is 1. The predicted molar refractivity (Wildman–Crippen MR) is 315 cm³/mol. The molecule has 0 aromatic rings. The third kappa shape index (κ3) is 26.9. The van der Waals surface area contributed by atoms with Crippen LogP contribution in [0.25, 0.3) is 0 Å². The Bertz CT molecular complexity index is 2260. The molecule has 0 radical (unpaired) electrons. The number of nitrogens with two attached hydrogens (primary N) is 7. The zero-order valence-electron chi connectivity index (χ0n) is 50.4. The van der Waals surface area contributed by atoms with E-state index in [4.69, 9.17) is 40.1 Å². The Morgan fingerprint density at radius 1 is 0.452 bits per heavy atom. The van der Waals surface area contributed by atoms with E-state index in [2.05, 4.69) is 57.8 Å². The molecule has 24 N–H and O–H groups in total. The lowest BCUT2D eigenvalue weighted by Crippen LogP contribution is -2.61. The number of aliphatic imine (C=N–C) groups is 2. The van der Waals surface area contributed by atoms with Crippen molar-refractivity contribution >= 4 is 77.0 Å². The molecule has 0 saturated carbocycles. The molecule has 31 heteroatoms. The summed E-state index contributed by atoms with van der Waals surface area (Å²) in [6.45, 7) is 15.2. The van der Waals surface area contributed by atoms with E-state index in [0.29, 0.717) is 38.5 Å². The minimum absolute atomic E-state index is 0.0422. The Hall–Kier alpha value is -7.41. The van der Waals surface area contributed by atoms with E-state index in [1.807, 2.05) is 0 Å². The van der Waals surface area contributed by atoms with Crippen LogP contribution in [0.4, 0.5) is 0 Å². The van der Waals surface area contributed by atoms with Gasteiger partial charge in [0.2, 0.25) is 59.1 Å². The Kier molecular flexibility index (Phi) is 34.1. The lowest BCUT2D eigenvalue weighted by atomic mass is 9.98. The standard InChI is InChI=1S/C53H99N19O12/c1-27(2)38(48(80)65-32(9)43(75)70-39(28(3)4)49(81)71-40(29(5)6)50(82)72-26-16-21-37(72)51(83)84)69-42(74)31(8)63-41(73)30(7)64-45(77)34(18-10-12-22-54)67-46(78)35(19-11-13-23-55)68-47(79)36(20-15-25-62-53(59)60)66-44(76)33(56)17-14-24-61-52(57)58/h27-40H,10-26,54-56H2,1-9H3,(H,63,73)(H,64,77)(H,65,80)(H,66,76)(H,67,78)(H,68,79)(H,69,74)(H,70,75)(H,71,81)(H,83,84)(H4,57,58,61)(H4,59,60,62)/t30-,31-,32-,33-,34-,35-,36-,37-,38-,39-,40-/m0/s1. The molecule has 0 aromatic carbocycles. The molecular formula is C53H99N19O12. The van der Waals surface area contributed by atoms with Gasteiger partial charge in [-0.05, 0) is 129 Å². The lowest BCUT2D eigenvalue weighted by Gasteiger charge is -2.31. The summed E-state index contributed by atoms with van der Waals surface area (Å²) in [6.07, 6.45) is 3.47. The van der Waals surface area contributed by atoms with Gasteiger partial charge < -0.3 is 98.0 Å². The van der Waals surface area contributed by atoms with E-state index in [1.165, 1.54) is 25.7 Å². The first-order valence-corrected chi connectivity index (χ1v) is 28.9.